The summed E-state index contributed by atoms with van der Waals surface area (Å²) in [5.74, 6) is -0.0156. The Bertz CT molecular complexity index is 465. The van der Waals surface area contributed by atoms with Crippen LogP contribution in [-0.2, 0) is 4.79 Å². The van der Waals surface area contributed by atoms with Crippen molar-refractivity contribution in [3.8, 4) is 0 Å². The summed E-state index contributed by atoms with van der Waals surface area (Å²) in [4.78, 5) is 20.9. The lowest BCUT2D eigenvalue weighted by atomic mass is 10.2. The molecule has 0 radical (unpaired) electrons. The minimum Gasteiger partial charge on any atom is -0.269 e. The van der Waals surface area contributed by atoms with Crippen LogP contribution in [0.1, 0.15) is 12.0 Å². The molecule has 0 spiro atoms. The topological polar surface area (TPSA) is 75.2 Å². The number of carbonyl (C=O) groups excluding carboxylic acids is 1. The van der Waals surface area contributed by atoms with Crippen LogP contribution < -0.4 is 5.43 Å². The van der Waals surface area contributed by atoms with Crippen LogP contribution in [0.2, 0.25) is 0 Å². The van der Waals surface area contributed by atoms with Gasteiger partial charge in [-0.3, -0.25) is 14.9 Å². The van der Waals surface area contributed by atoms with E-state index in [9.17, 15) is 14.9 Å². The number of nitrogens with zero attached hydrogens (tertiary/aromatic N) is 2. The third-order valence-corrected chi connectivity index (χ3v) is 2.26. The van der Waals surface area contributed by atoms with Gasteiger partial charge in [0.1, 0.15) is 0 Å². The van der Waals surface area contributed by atoms with Gasteiger partial charge in [-0.25, -0.2) is 0 Å². The molecule has 1 aliphatic heterocycles. The van der Waals surface area contributed by atoms with Crippen LogP contribution in [0.5, 0.6) is 0 Å². The number of amides is 1. The Morgan fingerprint density at radius 3 is 2.56 bits per heavy atom. The number of benzene rings is 1. The van der Waals surface area contributed by atoms with Crippen LogP contribution in [0.4, 0.5) is 5.69 Å². The van der Waals surface area contributed by atoms with E-state index in [2.05, 4.69) is 5.43 Å². The van der Waals surface area contributed by atoms with Gasteiger partial charge < -0.3 is 0 Å². The first-order valence-electron chi connectivity index (χ1n) is 4.80. The molecule has 0 aromatic heterocycles. The molecular formula is C10H10N3O3+. The Morgan fingerprint density at radius 2 is 2.06 bits per heavy atom. The summed E-state index contributed by atoms with van der Waals surface area (Å²) in [6, 6.07) is 6.15. The largest absolute Gasteiger partial charge is 0.280 e. The van der Waals surface area contributed by atoms with Crippen molar-refractivity contribution in [2.24, 2.45) is 0 Å². The molecule has 1 amide bonds. The highest BCUT2D eigenvalue weighted by molar-refractivity contribution is 5.79. The maximum atomic E-state index is 10.9. The molecule has 0 atom stereocenters. The second-order valence-corrected chi connectivity index (χ2v) is 3.46. The molecule has 1 saturated heterocycles. The zero-order valence-corrected chi connectivity index (χ0v) is 8.42. The zero-order valence-electron chi connectivity index (χ0n) is 8.42. The summed E-state index contributed by atoms with van der Waals surface area (Å²) in [5.41, 5.74) is 3.52. The van der Waals surface area contributed by atoms with Gasteiger partial charge in [-0.15, -0.1) is 10.1 Å². The number of nitro benzene ring substituents is 1. The summed E-state index contributed by atoms with van der Waals surface area (Å²) in [6.45, 7) is 0.621. The van der Waals surface area contributed by atoms with Crippen LogP contribution in [0, 0.1) is 10.1 Å². The van der Waals surface area contributed by atoms with Crippen molar-refractivity contribution < 1.29 is 14.4 Å². The van der Waals surface area contributed by atoms with E-state index >= 15 is 0 Å². The standard InChI is InChI=1S/C10H9N3O3/c14-10-5-6-12(11-10)7-8-1-3-9(4-2-8)13(15)16/h1-4,7H,5-6H2/p+1. The number of nitrogens with one attached hydrogen (secondary N) is 1. The molecule has 6 heteroatoms. The molecule has 16 heavy (non-hydrogen) atoms. The quantitative estimate of drug-likeness (QED) is 0.447. The Morgan fingerprint density at radius 1 is 1.38 bits per heavy atom. The number of nitro groups is 1. The third-order valence-electron chi connectivity index (χ3n) is 2.26. The second-order valence-electron chi connectivity index (χ2n) is 3.46. The Labute approximate surface area is 91.3 Å². The predicted octanol–water partition coefficient (Wildman–Crippen LogP) is 0.461. The van der Waals surface area contributed by atoms with Gasteiger partial charge in [0.05, 0.1) is 11.3 Å². The molecule has 82 valence electrons. The highest BCUT2D eigenvalue weighted by Crippen LogP contribution is 2.10. The lowest BCUT2D eigenvalue weighted by Crippen LogP contribution is -2.25. The van der Waals surface area contributed by atoms with Gasteiger partial charge in [-0.2, -0.15) is 0 Å². The first-order chi connectivity index (χ1) is 7.65. The van der Waals surface area contributed by atoms with Gasteiger partial charge in [0.15, 0.2) is 6.54 Å². The van der Waals surface area contributed by atoms with E-state index < -0.39 is 4.92 Å². The van der Waals surface area contributed by atoms with Gasteiger partial charge in [0.25, 0.3) is 11.6 Å². The van der Waals surface area contributed by atoms with Crippen LogP contribution in [0.15, 0.2) is 24.3 Å². The maximum Gasteiger partial charge on any atom is 0.280 e. The van der Waals surface area contributed by atoms with E-state index in [1.165, 1.54) is 12.1 Å². The lowest BCUT2D eigenvalue weighted by Gasteiger charge is -1.93. The molecule has 6 nitrogen and oxygen atoms in total. The molecule has 0 saturated carbocycles. The summed E-state index contributed by atoms with van der Waals surface area (Å²) in [7, 11) is 0. The first-order valence-corrected chi connectivity index (χ1v) is 4.80. The molecule has 1 aliphatic rings. The Kier molecular flexibility index (Phi) is 2.63. The summed E-state index contributed by atoms with van der Waals surface area (Å²) < 4.78 is 1.67. The van der Waals surface area contributed by atoms with Gasteiger partial charge >= 0.3 is 0 Å². The van der Waals surface area contributed by atoms with Crippen molar-refractivity contribution in [2.75, 3.05) is 6.54 Å². The molecule has 2 rings (SSSR count). The highest BCUT2D eigenvalue weighted by atomic mass is 16.6. The van der Waals surface area contributed by atoms with Crippen LogP contribution in [-0.4, -0.2) is 28.3 Å². The molecule has 1 aromatic rings. The monoisotopic (exact) mass is 220 g/mol. The number of hydrazone groups is 1. The van der Waals surface area contributed by atoms with Crippen LogP contribution in [0.3, 0.4) is 0 Å². The second kappa shape index (κ2) is 4.09. The average molecular weight is 220 g/mol. The van der Waals surface area contributed by atoms with Crippen molar-refractivity contribution in [3.05, 3.63) is 39.9 Å². The van der Waals surface area contributed by atoms with Gasteiger partial charge in [-0.1, -0.05) is 0 Å². The number of carbonyl (C=O) groups is 1. The fourth-order valence-electron chi connectivity index (χ4n) is 1.45. The summed E-state index contributed by atoms with van der Waals surface area (Å²) in [5, 5.41) is 10.4. The van der Waals surface area contributed by atoms with Gasteiger partial charge in [0, 0.05) is 17.7 Å². The van der Waals surface area contributed by atoms with E-state index in [-0.39, 0.29) is 11.6 Å². The molecule has 0 bridgehead atoms. The van der Waals surface area contributed by atoms with Crippen molar-refractivity contribution in [2.45, 2.75) is 6.42 Å². The van der Waals surface area contributed by atoms with Crippen molar-refractivity contribution >= 4 is 17.8 Å². The SMILES string of the molecule is O=C1CC[N+](=Cc2ccc([N+](=O)[O-])cc2)N1. The van der Waals surface area contributed by atoms with Crippen molar-refractivity contribution in [3.63, 3.8) is 0 Å². The molecular weight excluding hydrogens is 210 g/mol. The first kappa shape index (κ1) is 10.3. The number of non-ortho nitro benzene ring substituents is 1. The Hall–Kier alpha value is -2.24. The Balaban J connectivity index is 2.16. The number of hydrogen-bond acceptors (Lipinski definition) is 3. The fraction of sp³-hybridized carbons (Fsp3) is 0.200. The lowest BCUT2D eigenvalue weighted by molar-refractivity contribution is -0.553. The number of hydrazine groups is 1. The predicted molar refractivity (Wildman–Crippen MR) is 56.1 cm³/mol. The average Bonchev–Trinajstić information content (AvgIpc) is 2.65. The summed E-state index contributed by atoms with van der Waals surface area (Å²) >= 11 is 0. The minimum absolute atomic E-state index is 0.0156. The van der Waals surface area contributed by atoms with E-state index in [1.54, 1.807) is 23.0 Å². The van der Waals surface area contributed by atoms with Crippen molar-refractivity contribution in [1.82, 2.24) is 5.43 Å². The van der Waals surface area contributed by atoms with Gasteiger partial charge in [-0.05, 0) is 12.1 Å². The smallest absolute Gasteiger partial charge is 0.269 e. The molecule has 1 N–H and O–H groups in total. The van der Waals surface area contributed by atoms with Gasteiger partial charge in [0.2, 0.25) is 6.21 Å². The number of hydrogen-bond donors (Lipinski definition) is 1. The highest BCUT2D eigenvalue weighted by Gasteiger charge is 2.20. The van der Waals surface area contributed by atoms with Crippen LogP contribution >= 0.6 is 0 Å². The molecule has 1 fully saturated rings. The molecule has 0 aliphatic carbocycles. The van der Waals surface area contributed by atoms with E-state index in [0.717, 1.165) is 5.56 Å². The van der Waals surface area contributed by atoms with E-state index in [4.69, 9.17) is 0 Å². The third kappa shape index (κ3) is 2.22. The van der Waals surface area contributed by atoms with E-state index in [1.807, 2.05) is 0 Å². The zero-order chi connectivity index (χ0) is 11.5. The van der Waals surface area contributed by atoms with Crippen molar-refractivity contribution in [1.29, 1.82) is 0 Å². The number of rotatable bonds is 2. The fourth-order valence-corrected chi connectivity index (χ4v) is 1.45. The van der Waals surface area contributed by atoms with E-state index in [0.29, 0.717) is 13.0 Å². The molecule has 1 heterocycles. The van der Waals surface area contributed by atoms with Crippen LogP contribution in [0.25, 0.3) is 0 Å². The normalized spacial score (nSPS) is 17.5. The maximum absolute atomic E-state index is 10.9. The molecule has 1 aromatic carbocycles. The minimum atomic E-state index is -0.443. The summed E-state index contributed by atoms with van der Waals surface area (Å²) in [6.07, 6.45) is 2.22. The molecule has 0 unspecified atom stereocenters.